The Kier molecular flexibility index (Phi) is 7.38. The molecule has 3 aromatic heterocycles. The highest BCUT2D eigenvalue weighted by Gasteiger charge is 2.26. The SMILES string of the molecule is O=C(COC(=O)[C@@H](Cc1c[nH]c2ccccc12)NC(=O)c1cccs1)Nc1nc(-c2ccccc2)cs1. The number of hydrogen-bond acceptors (Lipinski definition) is 7. The molecule has 0 bridgehead atoms. The molecule has 0 saturated carbocycles. The molecule has 0 unspecified atom stereocenters. The minimum atomic E-state index is -0.980. The normalized spacial score (nSPS) is 11.7. The first-order valence-electron chi connectivity index (χ1n) is 11.4. The van der Waals surface area contributed by atoms with Crippen LogP contribution >= 0.6 is 22.7 Å². The summed E-state index contributed by atoms with van der Waals surface area (Å²) < 4.78 is 5.31. The van der Waals surface area contributed by atoms with E-state index < -0.39 is 24.5 Å². The van der Waals surface area contributed by atoms with E-state index in [-0.39, 0.29) is 12.3 Å². The summed E-state index contributed by atoms with van der Waals surface area (Å²) in [5.41, 5.74) is 3.46. The maximum absolute atomic E-state index is 13.0. The number of H-pyrrole nitrogens is 1. The fourth-order valence-electron chi connectivity index (χ4n) is 3.82. The van der Waals surface area contributed by atoms with Crippen LogP contribution in [0.25, 0.3) is 22.2 Å². The number of ether oxygens (including phenoxy) is 1. The molecule has 3 N–H and O–H groups in total. The summed E-state index contributed by atoms with van der Waals surface area (Å²) in [6.07, 6.45) is 2.01. The predicted molar refractivity (Wildman–Crippen MR) is 145 cm³/mol. The molecule has 186 valence electrons. The lowest BCUT2D eigenvalue weighted by Gasteiger charge is -2.17. The molecule has 37 heavy (non-hydrogen) atoms. The fourth-order valence-corrected chi connectivity index (χ4v) is 5.18. The average Bonchev–Trinajstić information content (AvgIpc) is 3.69. The van der Waals surface area contributed by atoms with Gasteiger partial charge in [0.15, 0.2) is 11.7 Å². The van der Waals surface area contributed by atoms with Gasteiger partial charge in [-0.2, -0.15) is 0 Å². The van der Waals surface area contributed by atoms with Crippen LogP contribution in [0.15, 0.2) is 83.7 Å². The van der Waals surface area contributed by atoms with Crippen molar-refractivity contribution in [3.8, 4) is 11.3 Å². The van der Waals surface area contributed by atoms with Crippen molar-refractivity contribution in [2.75, 3.05) is 11.9 Å². The Labute approximate surface area is 220 Å². The van der Waals surface area contributed by atoms with E-state index in [1.165, 1.54) is 22.7 Å². The number of aromatic nitrogens is 2. The molecule has 0 spiro atoms. The number of nitrogens with one attached hydrogen (secondary N) is 3. The predicted octanol–water partition coefficient (Wildman–Crippen LogP) is 4.88. The number of aromatic amines is 1. The zero-order chi connectivity index (χ0) is 25.6. The molecule has 3 heterocycles. The first-order valence-corrected chi connectivity index (χ1v) is 13.2. The quantitative estimate of drug-likeness (QED) is 0.235. The zero-order valence-electron chi connectivity index (χ0n) is 19.5. The van der Waals surface area contributed by atoms with Gasteiger partial charge in [-0.05, 0) is 23.1 Å². The van der Waals surface area contributed by atoms with Gasteiger partial charge in [0.1, 0.15) is 6.04 Å². The highest BCUT2D eigenvalue weighted by Crippen LogP contribution is 2.24. The number of carbonyl (C=O) groups is 3. The van der Waals surface area contributed by atoms with Crippen LogP contribution in [0.2, 0.25) is 0 Å². The molecule has 0 aliphatic carbocycles. The van der Waals surface area contributed by atoms with Crippen LogP contribution in [-0.4, -0.2) is 40.4 Å². The van der Waals surface area contributed by atoms with Gasteiger partial charge in [0.05, 0.1) is 10.6 Å². The number of carbonyl (C=O) groups excluding carboxylic acids is 3. The maximum Gasteiger partial charge on any atom is 0.329 e. The van der Waals surface area contributed by atoms with E-state index in [2.05, 4.69) is 20.6 Å². The largest absolute Gasteiger partial charge is 0.454 e. The van der Waals surface area contributed by atoms with Gasteiger partial charge >= 0.3 is 5.97 Å². The van der Waals surface area contributed by atoms with Crippen LogP contribution < -0.4 is 10.6 Å². The number of para-hydroxylation sites is 1. The van der Waals surface area contributed by atoms with Crippen LogP contribution in [0.3, 0.4) is 0 Å². The topological polar surface area (TPSA) is 113 Å². The summed E-state index contributed by atoms with van der Waals surface area (Å²) in [5.74, 6) is -1.59. The number of anilines is 1. The molecule has 2 aromatic carbocycles. The maximum atomic E-state index is 13.0. The number of benzene rings is 2. The van der Waals surface area contributed by atoms with Crippen LogP contribution in [0, 0.1) is 0 Å². The highest BCUT2D eigenvalue weighted by atomic mass is 32.1. The van der Waals surface area contributed by atoms with Gasteiger partial charge in [0, 0.05) is 34.5 Å². The van der Waals surface area contributed by atoms with Crippen molar-refractivity contribution in [2.24, 2.45) is 0 Å². The van der Waals surface area contributed by atoms with E-state index in [0.29, 0.717) is 10.0 Å². The van der Waals surface area contributed by atoms with Crippen molar-refractivity contribution in [1.29, 1.82) is 0 Å². The van der Waals surface area contributed by atoms with Crippen molar-refractivity contribution >= 4 is 56.5 Å². The molecule has 5 rings (SSSR count). The zero-order valence-corrected chi connectivity index (χ0v) is 21.1. The van der Waals surface area contributed by atoms with Gasteiger partial charge in [0.25, 0.3) is 11.8 Å². The first-order chi connectivity index (χ1) is 18.1. The third kappa shape index (κ3) is 5.93. The van der Waals surface area contributed by atoms with Crippen molar-refractivity contribution in [1.82, 2.24) is 15.3 Å². The molecule has 2 amide bonds. The Morgan fingerprint density at radius 1 is 0.973 bits per heavy atom. The second-order valence-corrected chi connectivity index (χ2v) is 9.93. The van der Waals surface area contributed by atoms with Gasteiger partial charge in [-0.25, -0.2) is 9.78 Å². The summed E-state index contributed by atoms with van der Waals surface area (Å²) in [5, 5.41) is 10.4. The van der Waals surface area contributed by atoms with Crippen molar-refractivity contribution in [3.05, 3.63) is 94.1 Å². The molecular weight excluding hydrogens is 508 g/mol. The molecule has 5 aromatic rings. The van der Waals surface area contributed by atoms with Gasteiger partial charge < -0.3 is 15.0 Å². The summed E-state index contributed by atoms with van der Waals surface area (Å²) in [4.78, 5) is 46.3. The van der Waals surface area contributed by atoms with E-state index in [9.17, 15) is 14.4 Å². The number of hydrogen-bond donors (Lipinski definition) is 3. The number of amides is 2. The van der Waals surface area contributed by atoms with Gasteiger partial charge in [0.2, 0.25) is 0 Å². The average molecular weight is 531 g/mol. The van der Waals surface area contributed by atoms with E-state index in [4.69, 9.17) is 4.74 Å². The molecule has 8 nitrogen and oxygen atoms in total. The lowest BCUT2D eigenvalue weighted by atomic mass is 10.0. The molecule has 0 fully saturated rings. The molecule has 0 saturated heterocycles. The molecule has 10 heteroatoms. The Hall–Kier alpha value is -4.28. The molecule has 0 aliphatic rings. The van der Waals surface area contributed by atoms with Crippen LogP contribution in [0.5, 0.6) is 0 Å². The standard InChI is InChI=1S/C27H22N4O4S2/c32-24(31-27-30-22(16-37-27)17-7-2-1-3-8-17)15-35-26(34)21(29-25(33)23-11-6-12-36-23)13-18-14-28-20-10-5-4-9-19(18)20/h1-12,14,16,21,28H,13,15H2,(H,29,33)(H,30,31,32)/t21-/m1/s1. The van der Waals surface area contributed by atoms with Gasteiger partial charge in [-0.3, -0.25) is 14.9 Å². The minimum Gasteiger partial charge on any atom is -0.454 e. The lowest BCUT2D eigenvalue weighted by molar-refractivity contribution is -0.149. The monoisotopic (exact) mass is 530 g/mol. The summed E-state index contributed by atoms with van der Waals surface area (Å²) >= 11 is 2.56. The fraction of sp³-hybridized carbons (Fsp3) is 0.111. The Morgan fingerprint density at radius 3 is 2.59 bits per heavy atom. The summed E-state index contributed by atoms with van der Waals surface area (Å²) in [6, 6.07) is 19.8. The highest BCUT2D eigenvalue weighted by molar-refractivity contribution is 7.14. The van der Waals surface area contributed by atoms with E-state index >= 15 is 0 Å². The van der Waals surface area contributed by atoms with E-state index in [1.54, 1.807) is 17.5 Å². The van der Waals surface area contributed by atoms with Crippen LogP contribution in [0.1, 0.15) is 15.2 Å². The second kappa shape index (κ2) is 11.2. The van der Waals surface area contributed by atoms with Crippen molar-refractivity contribution in [2.45, 2.75) is 12.5 Å². The molecule has 0 radical (unpaired) electrons. The number of thiophene rings is 1. The van der Waals surface area contributed by atoms with E-state index in [1.807, 2.05) is 66.2 Å². The Morgan fingerprint density at radius 2 is 1.78 bits per heavy atom. The third-order valence-corrected chi connectivity index (χ3v) is 7.23. The molecule has 0 aliphatic heterocycles. The third-order valence-electron chi connectivity index (χ3n) is 5.60. The molecular formula is C27H22N4O4S2. The number of nitrogens with zero attached hydrogens (tertiary/aromatic N) is 1. The van der Waals surface area contributed by atoms with Crippen molar-refractivity contribution in [3.63, 3.8) is 0 Å². The first kappa shape index (κ1) is 24.4. The summed E-state index contributed by atoms with van der Waals surface area (Å²) in [6.45, 7) is -0.502. The summed E-state index contributed by atoms with van der Waals surface area (Å²) in [7, 11) is 0. The molecule has 1 atom stereocenters. The van der Waals surface area contributed by atoms with Gasteiger partial charge in [-0.1, -0.05) is 54.6 Å². The number of rotatable bonds is 9. The second-order valence-electron chi connectivity index (χ2n) is 8.13. The van der Waals surface area contributed by atoms with Crippen LogP contribution in [0.4, 0.5) is 5.13 Å². The number of fused-ring (bicyclic) bond motifs is 1. The number of esters is 1. The number of thiazole rings is 1. The minimum absolute atomic E-state index is 0.203. The lowest BCUT2D eigenvalue weighted by Crippen LogP contribution is -2.43. The van der Waals surface area contributed by atoms with Crippen molar-refractivity contribution < 1.29 is 19.1 Å². The Balaban J connectivity index is 1.24. The van der Waals surface area contributed by atoms with Gasteiger partial charge in [-0.15, -0.1) is 22.7 Å². The van der Waals surface area contributed by atoms with Crippen LogP contribution in [-0.2, 0) is 20.7 Å². The smallest absolute Gasteiger partial charge is 0.329 e. The Bertz CT molecular complexity index is 1530. The van der Waals surface area contributed by atoms with E-state index in [0.717, 1.165) is 27.7 Å².